The summed E-state index contributed by atoms with van der Waals surface area (Å²) in [5, 5.41) is 0. The molecule has 6 nitrogen and oxygen atoms in total. The number of ether oxygens (including phenoxy) is 3. The van der Waals surface area contributed by atoms with E-state index in [1.807, 2.05) is 0 Å². The van der Waals surface area contributed by atoms with E-state index in [4.69, 9.17) is 14.2 Å². The van der Waals surface area contributed by atoms with Gasteiger partial charge in [0.15, 0.2) is 6.10 Å². The van der Waals surface area contributed by atoms with Crippen LogP contribution in [0.3, 0.4) is 0 Å². The normalized spacial score (nSPS) is 13.1. The minimum absolute atomic E-state index is 0.114. The summed E-state index contributed by atoms with van der Waals surface area (Å²) in [6, 6.07) is 0. The molecule has 0 aromatic rings. The largest absolute Gasteiger partial charge is 0.462 e. The molecular formula is C73H118O6. The zero-order valence-electron chi connectivity index (χ0n) is 51.1. The standard InChI is InChI=1S/C73H118O6/c1-4-7-10-13-16-19-22-25-28-31-33-35-36-38-39-42-45-48-51-54-57-60-63-66-72(75)78-69-70(68-77-71(74)65-62-59-56-53-50-47-44-41-30-27-24-21-18-15-12-9-6-3)79-73(76)67-64-61-58-55-52-49-46-43-40-37-34-32-29-26-23-20-17-14-11-8-5-2/h7,9-10,12,16,18-19,21,25,27-28,30,32-35,38-39,44-45,47-48,54,57,70H,4-6,8,11,13-15,17,20,22-24,26,29,31,36-37,40-43,46,49-53,55-56,58-69H2,1-3H3/b10-7-,12-9-,19-16-,21-18-,28-25-,30-27-,34-32-,35-33-,39-38-,47-44-,48-45-,57-54-. The van der Waals surface area contributed by atoms with E-state index >= 15 is 0 Å². The van der Waals surface area contributed by atoms with Gasteiger partial charge in [0.2, 0.25) is 0 Å². The Morgan fingerprint density at radius 2 is 0.506 bits per heavy atom. The second-order valence-electron chi connectivity index (χ2n) is 20.9. The summed E-state index contributed by atoms with van der Waals surface area (Å²) < 4.78 is 16.9. The number of carbonyl (C=O) groups is 3. The monoisotopic (exact) mass is 1090 g/mol. The predicted molar refractivity (Wildman–Crippen MR) is 343 cm³/mol. The Hall–Kier alpha value is -4.71. The third kappa shape index (κ3) is 64.0. The smallest absolute Gasteiger partial charge is 0.306 e. The van der Waals surface area contributed by atoms with E-state index in [0.717, 1.165) is 128 Å². The van der Waals surface area contributed by atoms with Crippen LogP contribution in [0.2, 0.25) is 0 Å². The van der Waals surface area contributed by atoms with Crippen LogP contribution < -0.4 is 0 Å². The van der Waals surface area contributed by atoms with Gasteiger partial charge in [0.1, 0.15) is 13.2 Å². The van der Waals surface area contributed by atoms with Crippen molar-refractivity contribution in [3.63, 3.8) is 0 Å². The van der Waals surface area contributed by atoms with E-state index in [1.54, 1.807) is 0 Å². The van der Waals surface area contributed by atoms with Crippen molar-refractivity contribution in [2.45, 2.75) is 284 Å². The lowest BCUT2D eigenvalue weighted by Crippen LogP contribution is -2.30. The summed E-state index contributed by atoms with van der Waals surface area (Å²) in [5.41, 5.74) is 0. The van der Waals surface area contributed by atoms with Crippen LogP contribution in [0.1, 0.15) is 278 Å². The predicted octanol–water partition coefficient (Wildman–Crippen LogP) is 22.3. The highest BCUT2D eigenvalue weighted by atomic mass is 16.6. The number of hydrogen-bond acceptors (Lipinski definition) is 6. The minimum Gasteiger partial charge on any atom is -0.462 e. The fourth-order valence-corrected chi connectivity index (χ4v) is 8.54. The average Bonchev–Trinajstić information content (AvgIpc) is 3.45. The molecule has 0 aliphatic carbocycles. The molecule has 1 unspecified atom stereocenters. The molecule has 1 atom stereocenters. The summed E-state index contributed by atoms with van der Waals surface area (Å²) in [6.45, 7) is 6.35. The molecule has 6 heteroatoms. The Morgan fingerprint density at radius 3 is 0.835 bits per heavy atom. The maximum Gasteiger partial charge on any atom is 0.306 e. The molecule has 0 aliphatic rings. The lowest BCUT2D eigenvalue weighted by atomic mass is 10.1. The summed E-state index contributed by atoms with van der Waals surface area (Å²) in [7, 11) is 0. The lowest BCUT2D eigenvalue weighted by molar-refractivity contribution is -0.167. The Bertz CT molecular complexity index is 1730. The Balaban J connectivity index is 4.53. The number of rotatable bonds is 57. The lowest BCUT2D eigenvalue weighted by Gasteiger charge is -2.18. The molecule has 0 amide bonds. The molecule has 0 fully saturated rings. The molecule has 0 N–H and O–H groups in total. The first-order valence-electron chi connectivity index (χ1n) is 32.3. The molecule has 0 heterocycles. The third-order valence-electron chi connectivity index (χ3n) is 13.3. The van der Waals surface area contributed by atoms with Crippen molar-refractivity contribution < 1.29 is 28.6 Å². The molecule has 0 saturated carbocycles. The molecule has 0 bridgehead atoms. The Kier molecular flexibility index (Phi) is 61.9. The van der Waals surface area contributed by atoms with E-state index in [0.29, 0.717) is 19.3 Å². The van der Waals surface area contributed by atoms with Crippen molar-refractivity contribution >= 4 is 17.9 Å². The second-order valence-corrected chi connectivity index (χ2v) is 20.9. The maximum atomic E-state index is 12.9. The van der Waals surface area contributed by atoms with Crippen LogP contribution in [0, 0.1) is 0 Å². The van der Waals surface area contributed by atoms with Gasteiger partial charge >= 0.3 is 17.9 Å². The van der Waals surface area contributed by atoms with E-state index in [1.165, 1.54) is 103 Å². The summed E-state index contributed by atoms with van der Waals surface area (Å²) in [5.74, 6) is -0.998. The Labute approximate surface area is 487 Å². The van der Waals surface area contributed by atoms with Crippen molar-refractivity contribution in [1.29, 1.82) is 0 Å². The van der Waals surface area contributed by atoms with Crippen LogP contribution in [0.5, 0.6) is 0 Å². The number of unbranched alkanes of at least 4 members (excludes halogenated alkanes) is 22. The Morgan fingerprint density at radius 1 is 0.266 bits per heavy atom. The SMILES string of the molecule is CC/C=C\C/C=C\C/C=C\C/C=C\C/C=C\C/C=C\C/C=C\CCCC(=O)OCC(COC(=O)CCCCCC/C=C\C/C=C\C/C=C\C/C=C\CC)OC(=O)CCCCCCCCCCC/C=C\CCCCCCCCCC. The average molecular weight is 1090 g/mol. The number of hydrogen-bond donors (Lipinski definition) is 0. The first-order chi connectivity index (χ1) is 39.0. The summed E-state index contributed by atoms with van der Waals surface area (Å²) in [4.78, 5) is 38.3. The van der Waals surface area contributed by atoms with Gasteiger partial charge in [0.05, 0.1) is 0 Å². The van der Waals surface area contributed by atoms with Crippen molar-refractivity contribution in [3.05, 3.63) is 146 Å². The van der Waals surface area contributed by atoms with Crippen LogP contribution in [0.25, 0.3) is 0 Å². The zero-order valence-corrected chi connectivity index (χ0v) is 51.1. The van der Waals surface area contributed by atoms with Crippen molar-refractivity contribution in [2.24, 2.45) is 0 Å². The molecule has 0 aromatic carbocycles. The molecule has 0 saturated heterocycles. The van der Waals surface area contributed by atoms with Gasteiger partial charge in [-0.05, 0) is 135 Å². The number of esters is 3. The van der Waals surface area contributed by atoms with E-state index < -0.39 is 6.10 Å². The second kappa shape index (κ2) is 65.8. The van der Waals surface area contributed by atoms with Crippen LogP contribution in [0.15, 0.2) is 146 Å². The quantitative estimate of drug-likeness (QED) is 0.0261. The van der Waals surface area contributed by atoms with Gasteiger partial charge in [-0.25, -0.2) is 0 Å². The van der Waals surface area contributed by atoms with Gasteiger partial charge in [-0.2, -0.15) is 0 Å². The van der Waals surface area contributed by atoms with Gasteiger partial charge in [0, 0.05) is 19.3 Å². The van der Waals surface area contributed by atoms with Gasteiger partial charge in [-0.15, -0.1) is 0 Å². The molecule has 79 heavy (non-hydrogen) atoms. The highest BCUT2D eigenvalue weighted by Crippen LogP contribution is 2.15. The molecule has 0 radical (unpaired) electrons. The van der Waals surface area contributed by atoms with E-state index in [2.05, 4.69) is 167 Å². The molecule has 446 valence electrons. The highest BCUT2D eigenvalue weighted by molar-refractivity contribution is 5.71. The van der Waals surface area contributed by atoms with E-state index in [9.17, 15) is 14.4 Å². The molecule has 0 spiro atoms. The number of carbonyl (C=O) groups excluding carboxylic acids is 3. The molecule has 0 aliphatic heterocycles. The topological polar surface area (TPSA) is 78.9 Å². The fourth-order valence-electron chi connectivity index (χ4n) is 8.54. The first-order valence-corrected chi connectivity index (χ1v) is 32.3. The van der Waals surface area contributed by atoms with E-state index in [-0.39, 0.29) is 37.5 Å². The van der Waals surface area contributed by atoms with Crippen LogP contribution in [-0.4, -0.2) is 37.2 Å². The van der Waals surface area contributed by atoms with Crippen LogP contribution in [0.4, 0.5) is 0 Å². The molecular weight excluding hydrogens is 973 g/mol. The summed E-state index contributed by atoms with van der Waals surface area (Å²) >= 11 is 0. The van der Waals surface area contributed by atoms with Gasteiger partial charge in [-0.1, -0.05) is 269 Å². The van der Waals surface area contributed by atoms with Gasteiger partial charge in [-0.3, -0.25) is 14.4 Å². The van der Waals surface area contributed by atoms with Gasteiger partial charge in [0.25, 0.3) is 0 Å². The number of allylic oxidation sites excluding steroid dienone is 24. The first kappa shape index (κ1) is 74.3. The molecule has 0 aromatic heterocycles. The highest BCUT2D eigenvalue weighted by Gasteiger charge is 2.19. The molecule has 0 rings (SSSR count). The van der Waals surface area contributed by atoms with Crippen LogP contribution in [-0.2, 0) is 28.6 Å². The third-order valence-corrected chi connectivity index (χ3v) is 13.3. The van der Waals surface area contributed by atoms with Crippen molar-refractivity contribution in [2.75, 3.05) is 13.2 Å². The van der Waals surface area contributed by atoms with Crippen LogP contribution >= 0.6 is 0 Å². The maximum absolute atomic E-state index is 12.9. The van der Waals surface area contributed by atoms with Crippen molar-refractivity contribution in [3.8, 4) is 0 Å². The van der Waals surface area contributed by atoms with Gasteiger partial charge < -0.3 is 14.2 Å². The zero-order chi connectivity index (χ0) is 57.1. The fraction of sp³-hybridized carbons (Fsp3) is 0.630. The minimum atomic E-state index is -0.821. The summed E-state index contributed by atoms with van der Waals surface area (Å²) in [6.07, 6.45) is 94.3. The van der Waals surface area contributed by atoms with Crippen molar-refractivity contribution in [1.82, 2.24) is 0 Å².